The summed E-state index contributed by atoms with van der Waals surface area (Å²) in [6.07, 6.45) is 1.51. The zero-order valence-electron chi connectivity index (χ0n) is 10.2. The fourth-order valence-electron chi connectivity index (χ4n) is 1.83. The Morgan fingerprint density at radius 2 is 1.70 bits per heavy atom. The van der Waals surface area contributed by atoms with Crippen molar-refractivity contribution < 1.29 is 0 Å². The minimum Gasteiger partial charge on any atom is -0.340 e. The Morgan fingerprint density at radius 3 is 2.50 bits per heavy atom. The van der Waals surface area contributed by atoms with Crippen molar-refractivity contribution in [2.45, 2.75) is 0 Å². The Hall–Kier alpha value is -1.55. The number of hydrogen-bond donors (Lipinski definition) is 1. The van der Waals surface area contributed by atoms with Crippen LogP contribution in [0.2, 0.25) is 10.0 Å². The molecule has 1 aromatic heterocycles. The molecule has 3 aromatic rings. The maximum absolute atomic E-state index is 5.96. The topological polar surface area (TPSA) is 37.8 Å². The van der Waals surface area contributed by atoms with Crippen LogP contribution in [0.25, 0.3) is 10.9 Å². The quantitative estimate of drug-likeness (QED) is 0.711. The summed E-state index contributed by atoms with van der Waals surface area (Å²) >= 11 is 11.9. The number of hydrogen-bond acceptors (Lipinski definition) is 3. The van der Waals surface area contributed by atoms with Crippen molar-refractivity contribution in [3.63, 3.8) is 0 Å². The first kappa shape index (κ1) is 14.9. The lowest BCUT2D eigenvalue weighted by Gasteiger charge is -2.08. The van der Waals surface area contributed by atoms with Crippen LogP contribution in [-0.4, -0.2) is 9.97 Å². The number of nitrogens with one attached hydrogen (secondary N) is 1. The van der Waals surface area contributed by atoms with Crippen molar-refractivity contribution in [2.24, 2.45) is 0 Å². The van der Waals surface area contributed by atoms with E-state index in [2.05, 4.69) is 15.3 Å². The molecular formula is C14H10Cl3N3. The van der Waals surface area contributed by atoms with Crippen LogP contribution in [0.3, 0.4) is 0 Å². The van der Waals surface area contributed by atoms with Crippen LogP contribution in [0, 0.1) is 0 Å². The maximum Gasteiger partial charge on any atom is 0.141 e. The molecule has 0 amide bonds. The molecule has 0 aliphatic heterocycles. The van der Waals surface area contributed by atoms with Gasteiger partial charge in [-0.1, -0.05) is 29.3 Å². The highest BCUT2D eigenvalue weighted by Gasteiger charge is 2.04. The molecule has 0 radical (unpaired) electrons. The van der Waals surface area contributed by atoms with E-state index < -0.39 is 0 Å². The Balaban J connectivity index is 0.00000147. The molecule has 102 valence electrons. The minimum absolute atomic E-state index is 0. The van der Waals surface area contributed by atoms with Crippen molar-refractivity contribution in [2.75, 3.05) is 5.32 Å². The van der Waals surface area contributed by atoms with Gasteiger partial charge in [0.05, 0.1) is 5.52 Å². The molecule has 0 unspecified atom stereocenters. The van der Waals surface area contributed by atoms with Crippen molar-refractivity contribution in [1.29, 1.82) is 0 Å². The van der Waals surface area contributed by atoms with Crippen LogP contribution in [0.4, 0.5) is 11.5 Å². The zero-order valence-corrected chi connectivity index (χ0v) is 12.5. The zero-order chi connectivity index (χ0) is 13.2. The summed E-state index contributed by atoms with van der Waals surface area (Å²) in [5.41, 5.74) is 1.68. The van der Waals surface area contributed by atoms with Crippen LogP contribution in [0.15, 0.2) is 48.8 Å². The van der Waals surface area contributed by atoms with Crippen LogP contribution in [0.5, 0.6) is 0 Å². The summed E-state index contributed by atoms with van der Waals surface area (Å²) in [7, 11) is 0. The van der Waals surface area contributed by atoms with Gasteiger partial charge in [-0.3, -0.25) is 0 Å². The molecule has 0 aliphatic carbocycles. The molecule has 1 heterocycles. The van der Waals surface area contributed by atoms with Crippen molar-refractivity contribution in [1.82, 2.24) is 9.97 Å². The predicted molar refractivity (Wildman–Crippen MR) is 86.5 cm³/mol. The first-order valence-electron chi connectivity index (χ1n) is 5.65. The summed E-state index contributed by atoms with van der Waals surface area (Å²) in [6.45, 7) is 0. The van der Waals surface area contributed by atoms with Crippen LogP contribution in [0.1, 0.15) is 0 Å². The standard InChI is InChI=1S/C14H9Cl2N3.ClH/c15-9-2-1-3-11(6-9)19-14-12-5-4-10(16)7-13(12)17-8-18-14;/h1-8H,(H,17,18,19);1H. The second-order valence-electron chi connectivity index (χ2n) is 4.02. The van der Waals surface area contributed by atoms with Crippen molar-refractivity contribution in [3.8, 4) is 0 Å². The Kier molecular flexibility index (Phi) is 4.65. The monoisotopic (exact) mass is 325 g/mol. The third-order valence-corrected chi connectivity index (χ3v) is 3.16. The molecule has 0 saturated carbocycles. The highest BCUT2D eigenvalue weighted by atomic mass is 35.5. The minimum atomic E-state index is 0. The Bertz CT molecular complexity index is 747. The number of benzene rings is 2. The number of rotatable bonds is 2. The normalized spacial score (nSPS) is 10.1. The van der Waals surface area contributed by atoms with E-state index in [4.69, 9.17) is 23.2 Å². The highest BCUT2D eigenvalue weighted by Crippen LogP contribution is 2.26. The second-order valence-corrected chi connectivity index (χ2v) is 4.89. The third kappa shape index (κ3) is 3.12. The van der Waals surface area contributed by atoms with E-state index in [1.807, 2.05) is 42.5 Å². The lowest BCUT2D eigenvalue weighted by atomic mass is 10.2. The van der Waals surface area contributed by atoms with Gasteiger partial charge in [-0.05, 0) is 36.4 Å². The molecule has 3 rings (SSSR count). The van der Waals surface area contributed by atoms with Crippen LogP contribution >= 0.6 is 35.6 Å². The molecule has 0 spiro atoms. The van der Waals surface area contributed by atoms with Gasteiger partial charge < -0.3 is 5.32 Å². The van der Waals surface area contributed by atoms with E-state index in [0.717, 1.165) is 22.4 Å². The fourth-order valence-corrected chi connectivity index (χ4v) is 2.19. The predicted octanol–water partition coefficient (Wildman–Crippen LogP) is 5.10. The molecule has 0 saturated heterocycles. The van der Waals surface area contributed by atoms with Crippen LogP contribution in [-0.2, 0) is 0 Å². The highest BCUT2D eigenvalue weighted by molar-refractivity contribution is 6.31. The lowest BCUT2D eigenvalue weighted by Crippen LogP contribution is -1.95. The van der Waals surface area contributed by atoms with Crippen molar-refractivity contribution in [3.05, 3.63) is 58.8 Å². The number of nitrogens with zero attached hydrogens (tertiary/aromatic N) is 2. The van der Waals surface area contributed by atoms with Gasteiger partial charge in [0.1, 0.15) is 12.1 Å². The third-order valence-electron chi connectivity index (χ3n) is 2.69. The average molecular weight is 327 g/mol. The maximum atomic E-state index is 5.96. The van der Waals surface area contributed by atoms with Gasteiger partial charge in [0.15, 0.2) is 0 Å². The number of aromatic nitrogens is 2. The molecular weight excluding hydrogens is 317 g/mol. The Morgan fingerprint density at radius 1 is 0.900 bits per heavy atom. The van der Waals surface area contributed by atoms with Gasteiger partial charge in [-0.2, -0.15) is 0 Å². The largest absolute Gasteiger partial charge is 0.340 e. The molecule has 6 heteroatoms. The number of fused-ring (bicyclic) bond motifs is 1. The first-order chi connectivity index (χ1) is 9.22. The fraction of sp³-hybridized carbons (Fsp3) is 0. The van der Waals surface area contributed by atoms with E-state index in [0.29, 0.717) is 10.0 Å². The summed E-state index contributed by atoms with van der Waals surface area (Å²) in [6, 6.07) is 13.0. The summed E-state index contributed by atoms with van der Waals surface area (Å²) in [5, 5.41) is 5.46. The second kappa shape index (κ2) is 6.27. The molecule has 0 aliphatic rings. The van der Waals surface area contributed by atoms with Crippen LogP contribution < -0.4 is 5.32 Å². The van der Waals surface area contributed by atoms with E-state index in [1.54, 1.807) is 0 Å². The van der Waals surface area contributed by atoms with E-state index in [1.165, 1.54) is 6.33 Å². The molecule has 1 N–H and O–H groups in total. The van der Waals surface area contributed by atoms with Gasteiger partial charge in [0.2, 0.25) is 0 Å². The number of halogens is 3. The van der Waals surface area contributed by atoms with Gasteiger partial charge in [0, 0.05) is 21.1 Å². The SMILES string of the molecule is Cl.Clc1cccc(Nc2ncnc3cc(Cl)ccc23)c1. The smallest absolute Gasteiger partial charge is 0.141 e. The number of anilines is 2. The molecule has 0 fully saturated rings. The van der Waals surface area contributed by atoms with Crippen molar-refractivity contribution >= 4 is 58.0 Å². The summed E-state index contributed by atoms with van der Waals surface area (Å²) in [5.74, 6) is 0.726. The lowest BCUT2D eigenvalue weighted by molar-refractivity contribution is 1.22. The molecule has 0 bridgehead atoms. The summed E-state index contributed by atoms with van der Waals surface area (Å²) < 4.78 is 0. The molecule has 0 atom stereocenters. The average Bonchev–Trinajstić information content (AvgIpc) is 2.38. The van der Waals surface area contributed by atoms with Gasteiger partial charge in [-0.15, -0.1) is 12.4 Å². The van der Waals surface area contributed by atoms with Gasteiger partial charge in [0.25, 0.3) is 0 Å². The molecule has 2 aromatic carbocycles. The molecule has 20 heavy (non-hydrogen) atoms. The first-order valence-corrected chi connectivity index (χ1v) is 6.41. The van der Waals surface area contributed by atoms with E-state index in [-0.39, 0.29) is 12.4 Å². The van der Waals surface area contributed by atoms with E-state index >= 15 is 0 Å². The van der Waals surface area contributed by atoms with Gasteiger partial charge in [-0.25, -0.2) is 9.97 Å². The van der Waals surface area contributed by atoms with E-state index in [9.17, 15) is 0 Å². The summed E-state index contributed by atoms with van der Waals surface area (Å²) in [4.78, 5) is 8.45. The van der Waals surface area contributed by atoms with Gasteiger partial charge >= 0.3 is 0 Å². The molecule has 3 nitrogen and oxygen atoms in total. The Labute approximate surface area is 132 Å².